The zero-order valence-electron chi connectivity index (χ0n) is 27.0. The van der Waals surface area contributed by atoms with Gasteiger partial charge in [-0.15, -0.1) is 0 Å². The molecule has 2 atom stereocenters. The van der Waals surface area contributed by atoms with Gasteiger partial charge < -0.3 is 10.2 Å². The zero-order chi connectivity index (χ0) is 33.4. The number of nitrogens with one attached hydrogen (secondary N) is 1. The van der Waals surface area contributed by atoms with Gasteiger partial charge in [0.15, 0.2) is 0 Å². The molecule has 0 aliphatic carbocycles. The molecule has 0 unspecified atom stereocenters. The highest BCUT2D eigenvalue weighted by atomic mass is 35.5. The molecule has 2 amide bonds. The molecule has 242 valence electrons. The lowest BCUT2D eigenvalue weighted by Gasteiger charge is -2.34. The number of hydrogen-bond acceptors (Lipinski definition) is 4. The van der Waals surface area contributed by atoms with Gasteiger partial charge in [-0.25, -0.2) is 8.42 Å². The first kappa shape index (κ1) is 34.7. The number of sulfonamides is 1. The Kier molecular flexibility index (Phi) is 11.7. The molecule has 0 fully saturated rings. The molecule has 0 aliphatic heterocycles. The Morgan fingerprint density at radius 3 is 2.04 bits per heavy atom. The number of carbonyl (C=O) groups excluding carboxylic acids is 2. The summed E-state index contributed by atoms with van der Waals surface area (Å²) in [5, 5.41) is 3.55. The number of anilines is 1. The van der Waals surface area contributed by atoms with Crippen molar-refractivity contribution in [3.05, 3.63) is 130 Å². The van der Waals surface area contributed by atoms with Crippen LogP contribution in [0.4, 0.5) is 5.69 Å². The molecule has 0 radical (unpaired) electrons. The molecule has 0 aromatic heterocycles. The second-order valence-corrected chi connectivity index (χ2v) is 14.1. The zero-order valence-corrected chi connectivity index (χ0v) is 28.6. The predicted molar refractivity (Wildman–Crippen MR) is 185 cm³/mol. The van der Waals surface area contributed by atoms with Gasteiger partial charge in [0.25, 0.3) is 10.0 Å². The monoisotopic (exact) mass is 659 g/mol. The van der Waals surface area contributed by atoms with Gasteiger partial charge in [-0.05, 0) is 92.8 Å². The number of benzene rings is 4. The number of aryl methyl sites for hydroxylation is 3. The number of nitrogens with zero attached hydrogens (tertiary/aromatic N) is 2. The van der Waals surface area contributed by atoms with Crippen LogP contribution in [-0.4, -0.2) is 43.8 Å². The highest BCUT2D eigenvalue weighted by molar-refractivity contribution is 7.92. The molecule has 0 heterocycles. The van der Waals surface area contributed by atoms with E-state index in [1.54, 1.807) is 54.6 Å². The van der Waals surface area contributed by atoms with Gasteiger partial charge in [0.05, 0.1) is 10.6 Å². The summed E-state index contributed by atoms with van der Waals surface area (Å²) in [7, 11) is -4.18. The third kappa shape index (κ3) is 8.98. The smallest absolute Gasteiger partial charge is 0.264 e. The van der Waals surface area contributed by atoms with E-state index >= 15 is 0 Å². The van der Waals surface area contributed by atoms with Crippen molar-refractivity contribution in [3.8, 4) is 0 Å². The molecular weight excluding hydrogens is 618 g/mol. The maximum Gasteiger partial charge on any atom is 0.264 e. The fourth-order valence-electron chi connectivity index (χ4n) is 5.29. The van der Waals surface area contributed by atoms with E-state index in [1.165, 1.54) is 4.90 Å². The van der Waals surface area contributed by atoms with Crippen LogP contribution in [0.1, 0.15) is 48.1 Å². The van der Waals surface area contributed by atoms with Crippen molar-refractivity contribution in [2.24, 2.45) is 0 Å². The maximum absolute atomic E-state index is 14.6. The van der Waals surface area contributed by atoms with Gasteiger partial charge in [-0.1, -0.05) is 84.8 Å². The topological polar surface area (TPSA) is 86.8 Å². The van der Waals surface area contributed by atoms with E-state index < -0.39 is 28.5 Å². The van der Waals surface area contributed by atoms with Gasteiger partial charge in [0, 0.05) is 24.0 Å². The predicted octanol–water partition coefficient (Wildman–Crippen LogP) is 7.02. The van der Waals surface area contributed by atoms with E-state index in [2.05, 4.69) is 5.32 Å². The molecule has 1 N–H and O–H groups in total. The Labute approximate surface area is 278 Å². The molecule has 0 saturated heterocycles. The van der Waals surface area contributed by atoms with Crippen molar-refractivity contribution in [3.63, 3.8) is 0 Å². The van der Waals surface area contributed by atoms with E-state index in [0.717, 1.165) is 32.1 Å². The normalized spacial score (nSPS) is 12.7. The summed E-state index contributed by atoms with van der Waals surface area (Å²) in [5.74, 6) is -0.831. The van der Waals surface area contributed by atoms with Crippen LogP contribution in [0.2, 0.25) is 5.02 Å². The molecule has 7 nitrogen and oxygen atoms in total. The first-order valence-electron chi connectivity index (χ1n) is 15.4. The van der Waals surface area contributed by atoms with Crippen molar-refractivity contribution >= 4 is 39.1 Å². The molecule has 9 heteroatoms. The number of carbonyl (C=O) groups is 2. The molecule has 4 aromatic carbocycles. The molecule has 4 rings (SSSR count). The lowest BCUT2D eigenvalue weighted by atomic mass is 10.0. The Morgan fingerprint density at radius 1 is 0.804 bits per heavy atom. The quantitative estimate of drug-likeness (QED) is 0.167. The molecule has 4 aromatic rings. The van der Waals surface area contributed by atoms with Crippen LogP contribution in [0.25, 0.3) is 0 Å². The third-order valence-electron chi connectivity index (χ3n) is 7.90. The lowest BCUT2D eigenvalue weighted by molar-refractivity contribution is -0.140. The summed E-state index contributed by atoms with van der Waals surface area (Å²) in [4.78, 5) is 30.1. The average Bonchev–Trinajstić information content (AvgIpc) is 3.01. The summed E-state index contributed by atoms with van der Waals surface area (Å²) in [5.41, 5.74) is 4.59. The summed E-state index contributed by atoms with van der Waals surface area (Å²) < 4.78 is 29.7. The number of hydrogen-bond donors (Lipinski definition) is 1. The third-order valence-corrected chi connectivity index (χ3v) is 9.92. The van der Waals surface area contributed by atoms with Crippen LogP contribution in [0.5, 0.6) is 0 Å². The molecule has 46 heavy (non-hydrogen) atoms. The standard InChI is InChI=1S/C37H42ClN3O4S/c1-6-29(5)39-37(43)35(23-30-11-8-7-9-12-30)40(24-31-13-10-14-32(38)22-31)36(42)25-41(33-20-27(3)19-28(4)21-33)46(44,45)34-17-15-26(2)16-18-34/h7-22,29,35H,6,23-25H2,1-5H3,(H,39,43)/t29-,35-/m1/s1. The van der Waals surface area contributed by atoms with Gasteiger partial charge in [0.2, 0.25) is 11.8 Å². The number of halogens is 1. The lowest BCUT2D eigenvalue weighted by Crippen LogP contribution is -2.54. The van der Waals surface area contributed by atoms with E-state index in [0.29, 0.717) is 17.1 Å². The first-order chi connectivity index (χ1) is 21.9. The summed E-state index contributed by atoms with van der Waals surface area (Å²) in [6, 6.07) is 27.6. The average molecular weight is 660 g/mol. The van der Waals surface area contributed by atoms with Crippen molar-refractivity contribution in [2.45, 2.75) is 71.0 Å². The summed E-state index contributed by atoms with van der Waals surface area (Å²) >= 11 is 6.33. The SMILES string of the molecule is CC[C@@H](C)NC(=O)[C@@H](Cc1ccccc1)N(Cc1cccc(Cl)c1)C(=O)CN(c1cc(C)cc(C)c1)S(=O)(=O)c1ccc(C)cc1. The maximum atomic E-state index is 14.6. The molecule has 0 saturated carbocycles. The van der Waals surface area contributed by atoms with E-state index in [1.807, 2.05) is 77.1 Å². The Morgan fingerprint density at radius 2 is 1.43 bits per heavy atom. The second-order valence-electron chi connectivity index (χ2n) is 11.8. The van der Waals surface area contributed by atoms with Crippen molar-refractivity contribution < 1.29 is 18.0 Å². The minimum atomic E-state index is -4.18. The molecule has 0 aliphatic rings. The van der Waals surface area contributed by atoms with Crippen molar-refractivity contribution in [2.75, 3.05) is 10.8 Å². The van der Waals surface area contributed by atoms with E-state index in [9.17, 15) is 18.0 Å². The Bertz CT molecular complexity index is 1740. The van der Waals surface area contributed by atoms with Crippen LogP contribution in [0.15, 0.2) is 102 Å². The van der Waals surface area contributed by atoms with E-state index in [-0.39, 0.29) is 29.8 Å². The minimum absolute atomic E-state index is 0.0517. The highest BCUT2D eigenvalue weighted by Gasteiger charge is 2.35. The van der Waals surface area contributed by atoms with Crippen LogP contribution in [0, 0.1) is 20.8 Å². The Hall–Kier alpha value is -4.14. The van der Waals surface area contributed by atoms with Gasteiger partial charge in [0.1, 0.15) is 12.6 Å². The number of rotatable bonds is 13. The van der Waals surface area contributed by atoms with Crippen molar-refractivity contribution in [1.82, 2.24) is 10.2 Å². The minimum Gasteiger partial charge on any atom is -0.352 e. The van der Waals surface area contributed by atoms with Gasteiger partial charge in [-0.3, -0.25) is 13.9 Å². The second kappa shape index (κ2) is 15.4. The van der Waals surface area contributed by atoms with Gasteiger partial charge in [-0.2, -0.15) is 0 Å². The van der Waals surface area contributed by atoms with Crippen LogP contribution >= 0.6 is 11.6 Å². The van der Waals surface area contributed by atoms with Crippen LogP contribution in [-0.2, 0) is 32.6 Å². The summed E-state index contributed by atoms with van der Waals surface area (Å²) in [6.45, 7) is 9.08. The largest absolute Gasteiger partial charge is 0.352 e. The fraction of sp³-hybridized carbons (Fsp3) is 0.297. The fourth-order valence-corrected chi connectivity index (χ4v) is 6.90. The summed E-state index contributed by atoms with van der Waals surface area (Å²) in [6.07, 6.45) is 0.949. The van der Waals surface area contributed by atoms with Crippen LogP contribution < -0.4 is 9.62 Å². The molecule has 0 bridgehead atoms. The van der Waals surface area contributed by atoms with Gasteiger partial charge >= 0.3 is 0 Å². The molecular formula is C37H42ClN3O4S. The number of amides is 2. The van der Waals surface area contributed by atoms with Crippen molar-refractivity contribution in [1.29, 1.82) is 0 Å². The highest BCUT2D eigenvalue weighted by Crippen LogP contribution is 2.27. The Balaban J connectivity index is 1.83. The van der Waals surface area contributed by atoms with E-state index in [4.69, 9.17) is 11.6 Å². The molecule has 0 spiro atoms. The first-order valence-corrected chi connectivity index (χ1v) is 17.2. The van der Waals surface area contributed by atoms with Crippen LogP contribution in [0.3, 0.4) is 0 Å².